The summed E-state index contributed by atoms with van der Waals surface area (Å²) in [5.74, 6) is -0.535. The van der Waals surface area contributed by atoms with Crippen molar-refractivity contribution in [2.75, 3.05) is 26.2 Å². The van der Waals surface area contributed by atoms with Crippen LogP contribution in [-0.2, 0) is 4.79 Å². The van der Waals surface area contributed by atoms with Gasteiger partial charge in [0.25, 0.3) is 11.8 Å². The number of phenolic OH excluding ortho intramolecular Hbond substituents is 1. The van der Waals surface area contributed by atoms with Gasteiger partial charge in [-0.1, -0.05) is 12.1 Å². The van der Waals surface area contributed by atoms with Crippen LogP contribution in [0, 0.1) is 5.82 Å². The first-order valence-electron chi connectivity index (χ1n) is 8.84. The van der Waals surface area contributed by atoms with Gasteiger partial charge >= 0.3 is 0 Å². The first-order valence-corrected chi connectivity index (χ1v) is 9.64. The van der Waals surface area contributed by atoms with Crippen LogP contribution in [0.5, 0.6) is 11.5 Å². The molecule has 1 atom stereocenters. The number of hydrogen-bond acceptors (Lipinski definition) is 4. The predicted octanol–water partition coefficient (Wildman–Crippen LogP) is 3.05. The maximum atomic E-state index is 13.2. The van der Waals surface area contributed by atoms with Crippen molar-refractivity contribution in [2.24, 2.45) is 0 Å². The SMILES string of the molecule is CC(Oc1ccc(F)cc1Br)C(=O)N1CCN(C(=O)c2ccccc2O)CC1. The first kappa shape index (κ1) is 20.1. The van der Waals surface area contributed by atoms with Crippen molar-refractivity contribution >= 4 is 27.7 Å². The molecular formula is C20H20BrFN2O4. The van der Waals surface area contributed by atoms with Crippen LogP contribution in [0.15, 0.2) is 46.9 Å². The fourth-order valence-electron chi connectivity index (χ4n) is 3.02. The number of hydrogen-bond donors (Lipinski definition) is 1. The van der Waals surface area contributed by atoms with E-state index in [1.165, 1.54) is 24.3 Å². The van der Waals surface area contributed by atoms with E-state index in [0.717, 1.165) is 0 Å². The Morgan fingerprint density at radius 3 is 2.39 bits per heavy atom. The van der Waals surface area contributed by atoms with Crippen LogP contribution < -0.4 is 4.74 Å². The normalized spacial score (nSPS) is 15.2. The molecule has 1 aliphatic rings. The highest BCUT2D eigenvalue weighted by atomic mass is 79.9. The molecule has 1 fully saturated rings. The highest BCUT2D eigenvalue weighted by Crippen LogP contribution is 2.27. The minimum atomic E-state index is -0.748. The van der Waals surface area contributed by atoms with Gasteiger partial charge in [0.1, 0.15) is 17.3 Å². The van der Waals surface area contributed by atoms with Crippen molar-refractivity contribution in [3.63, 3.8) is 0 Å². The maximum absolute atomic E-state index is 13.2. The number of phenols is 1. The van der Waals surface area contributed by atoms with Crippen molar-refractivity contribution in [2.45, 2.75) is 13.0 Å². The zero-order valence-corrected chi connectivity index (χ0v) is 16.9. The second-order valence-corrected chi connectivity index (χ2v) is 7.32. The van der Waals surface area contributed by atoms with Crippen LogP contribution in [-0.4, -0.2) is 59.0 Å². The van der Waals surface area contributed by atoms with E-state index in [2.05, 4.69) is 15.9 Å². The quantitative estimate of drug-likeness (QED) is 0.776. The van der Waals surface area contributed by atoms with Gasteiger partial charge in [-0.3, -0.25) is 9.59 Å². The van der Waals surface area contributed by atoms with E-state index in [0.29, 0.717) is 36.4 Å². The van der Waals surface area contributed by atoms with E-state index >= 15 is 0 Å². The summed E-state index contributed by atoms with van der Waals surface area (Å²) in [5.41, 5.74) is 0.250. The van der Waals surface area contributed by atoms with Gasteiger partial charge in [-0.05, 0) is 53.2 Å². The second kappa shape index (κ2) is 8.60. The fourth-order valence-corrected chi connectivity index (χ4v) is 3.47. The molecule has 8 heteroatoms. The van der Waals surface area contributed by atoms with Gasteiger partial charge in [-0.15, -0.1) is 0 Å². The van der Waals surface area contributed by atoms with Gasteiger partial charge in [0.15, 0.2) is 6.10 Å². The molecule has 0 saturated carbocycles. The number of rotatable bonds is 4. The van der Waals surface area contributed by atoms with Gasteiger partial charge in [-0.25, -0.2) is 4.39 Å². The monoisotopic (exact) mass is 450 g/mol. The summed E-state index contributed by atoms with van der Waals surface area (Å²) in [6, 6.07) is 10.4. The Hall–Kier alpha value is -2.61. The Labute approximate surface area is 170 Å². The number of amides is 2. The number of benzene rings is 2. The molecule has 2 aromatic rings. The predicted molar refractivity (Wildman–Crippen MR) is 105 cm³/mol. The van der Waals surface area contributed by atoms with Crippen molar-refractivity contribution < 1.29 is 23.8 Å². The minimum absolute atomic E-state index is 0.0575. The molecule has 0 spiro atoms. The molecule has 28 heavy (non-hydrogen) atoms. The smallest absolute Gasteiger partial charge is 0.263 e. The Bertz CT molecular complexity index is 884. The number of aromatic hydroxyl groups is 1. The Balaban J connectivity index is 1.57. The molecule has 1 saturated heterocycles. The van der Waals surface area contributed by atoms with Gasteiger partial charge in [-0.2, -0.15) is 0 Å². The van der Waals surface area contributed by atoms with Crippen LogP contribution in [0.25, 0.3) is 0 Å². The van der Waals surface area contributed by atoms with Crippen molar-refractivity contribution in [1.29, 1.82) is 0 Å². The fraction of sp³-hybridized carbons (Fsp3) is 0.300. The number of ether oxygens (including phenoxy) is 1. The van der Waals surface area contributed by atoms with E-state index in [-0.39, 0.29) is 23.1 Å². The summed E-state index contributed by atoms with van der Waals surface area (Å²) in [6.07, 6.45) is -0.748. The summed E-state index contributed by atoms with van der Waals surface area (Å²) in [7, 11) is 0. The lowest BCUT2D eigenvalue weighted by atomic mass is 10.1. The van der Waals surface area contributed by atoms with Crippen LogP contribution in [0.4, 0.5) is 4.39 Å². The summed E-state index contributed by atoms with van der Waals surface area (Å²) < 4.78 is 19.3. The van der Waals surface area contributed by atoms with Gasteiger partial charge < -0.3 is 19.6 Å². The summed E-state index contributed by atoms with van der Waals surface area (Å²) in [4.78, 5) is 28.4. The third-order valence-electron chi connectivity index (χ3n) is 4.56. The van der Waals surface area contributed by atoms with Gasteiger partial charge in [0.2, 0.25) is 0 Å². The van der Waals surface area contributed by atoms with E-state index in [4.69, 9.17) is 4.74 Å². The third-order valence-corrected chi connectivity index (χ3v) is 5.18. The molecule has 2 aromatic carbocycles. The van der Waals surface area contributed by atoms with E-state index in [1.807, 2.05) is 0 Å². The summed E-state index contributed by atoms with van der Waals surface area (Å²) >= 11 is 3.22. The topological polar surface area (TPSA) is 70.1 Å². The molecule has 1 N–H and O–H groups in total. The number of para-hydroxylation sites is 1. The highest BCUT2D eigenvalue weighted by Gasteiger charge is 2.29. The Kier molecular flexibility index (Phi) is 6.18. The molecule has 6 nitrogen and oxygen atoms in total. The lowest BCUT2D eigenvalue weighted by Crippen LogP contribution is -2.53. The van der Waals surface area contributed by atoms with Crippen molar-refractivity contribution in [1.82, 2.24) is 9.80 Å². The van der Waals surface area contributed by atoms with Crippen molar-refractivity contribution in [3.05, 3.63) is 58.3 Å². The Morgan fingerprint density at radius 2 is 1.75 bits per heavy atom. The van der Waals surface area contributed by atoms with Gasteiger partial charge in [0.05, 0.1) is 10.0 Å². The third kappa shape index (κ3) is 4.44. The number of carbonyl (C=O) groups excluding carboxylic acids is 2. The number of piperazine rings is 1. The number of carbonyl (C=O) groups is 2. The van der Waals surface area contributed by atoms with E-state index in [1.54, 1.807) is 34.9 Å². The van der Waals surface area contributed by atoms with Crippen molar-refractivity contribution in [3.8, 4) is 11.5 Å². The molecular weight excluding hydrogens is 431 g/mol. The number of halogens is 2. The average molecular weight is 451 g/mol. The lowest BCUT2D eigenvalue weighted by Gasteiger charge is -2.36. The minimum Gasteiger partial charge on any atom is -0.507 e. The summed E-state index contributed by atoms with van der Waals surface area (Å²) in [6.45, 7) is 3.11. The average Bonchev–Trinajstić information content (AvgIpc) is 2.69. The van der Waals surface area contributed by atoms with E-state index < -0.39 is 11.9 Å². The summed E-state index contributed by atoms with van der Waals surface area (Å²) in [5, 5.41) is 9.85. The molecule has 148 valence electrons. The molecule has 1 unspecified atom stereocenters. The molecule has 1 aliphatic heterocycles. The number of nitrogens with zero attached hydrogens (tertiary/aromatic N) is 2. The van der Waals surface area contributed by atoms with Gasteiger partial charge in [0, 0.05) is 26.2 Å². The standard InChI is InChI=1S/C20H20BrFN2O4/c1-13(28-18-7-6-14(22)12-16(18)21)19(26)23-8-10-24(11-9-23)20(27)15-4-2-3-5-17(15)25/h2-7,12-13,25H,8-11H2,1H3. The zero-order valence-electron chi connectivity index (χ0n) is 15.3. The zero-order chi connectivity index (χ0) is 20.3. The van der Waals surface area contributed by atoms with E-state index in [9.17, 15) is 19.1 Å². The largest absolute Gasteiger partial charge is 0.507 e. The molecule has 3 rings (SSSR count). The molecule has 2 amide bonds. The highest BCUT2D eigenvalue weighted by molar-refractivity contribution is 9.10. The van der Waals surface area contributed by atoms with Crippen LogP contribution in [0.2, 0.25) is 0 Å². The lowest BCUT2D eigenvalue weighted by molar-refractivity contribution is -0.139. The van der Waals surface area contributed by atoms with Crippen LogP contribution in [0.3, 0.4) is 0 Å². The van der Waals surface area contributed by atoms with Crippen LogP contribution >= 0.6 is 15.9 Å². The molecule has 0 aromatic heterocycles. The van der Waals surface area contributed by atoms with Crippen LogP contribution in [0.1, 0.15) is 17.3 Å². The molecule has 0 bridgehead atoms. The molecule has 0 radical (unpaired) electrons. The second-order valence-electron chi connectivity index (χ2n) is 6.47. The first-order chi connectivity index (χ1) is 13.4. The Morgan fingerprint density at radius 1 is 1.11 bits per heavy atom. The maximum Gasteiger partial charge on any atom is 0.263 e. The molecule has 0 aliphatic carbocycles. The molecule has 1 heterocycles.